The normalized spacial score (nSPS) is 10.7. The van der Waals surface area contributed by atoms with Crippen LogP contribution in [0.15, 0.2) is 18.2 Å². The molecule has 102 valence electrons. The van der Waals surface area contributed by atoms with E-state index in [4.69, 9.17) is 4.74 Å². The third-order valence-electron chi connectivity index (χ3n) is 2.94. The molecule has 2 rings (SSSR count). The molecule has 19 heavy (non-hydrogen) atoms. The van der Waals surface area contributed by atoms with Crippen molar-refractivity contribution in [3.63, 3.8) is 0 Å². The van der Waals surface area contributed by atoms with Crippen molar-refractivity contribution in [1.29, 1.82) is 0 Å². The molecule has 0 aliphatic heterocycles. The summed E-state index contributed by atoms with van der Waals surface area (Å²) in [7, 11) is 0. The molecule has 0 saturated heterocycles. The number of hydrogen-bond acceptors (Lipinski definition) is 3. The van der Waals surface area contributed by atoms with E-state index in [2.05, 4.69) is 10.3 Å². The van der Waals surface area contributed by atoms with Crippen LogP contribution in [0, 0.1) is 5.82 Å². The van der Waals surface area contributed by atoms with Gasteiger partial charge in [-0.25, -0.2) is 4.39 Å². The first-order chi connectivity index (χ1) is 9.19. The van der Waals surface area contributed by atoms with Crippen LogP contribution in [-0.2, 0) is 6.42 Å². The second-order valence-electron chi connectivity index (χ2n) is 4.28. The van der Waals surface area contributed by atoms with Crippen LogP contribution in [0.2, 0.25) is 0 Å². The van der Waals surface area contributed by atoms with Gasteiger partial charge in [-0.15, -0.1) is 0 Å². The van der Waals surface area contributed by atoms with Gasteiger partial charge in [-0.1, -0.05) is 6.92 Å². The second kappa shape index (κ2) is 5.87. The Balaban J connectivity index is 2.64. The predicted molar refractivity (Wildman–Crippen MR) is 76.4 cm³/mol. The molecule has 0 radical (unpaired) electrons. The number of ether oxygens (including phenoxy) is 1. The second-order valence-corrected chi connectivity index (χ2v) is 4.28. The fraction of sp³-hybridized carbons (Fsp3) is 0.400. The lowest BCUT2D eigenvalue weighted by Gasteiger charge is -2.12. The number of anilines is 1. The third kappa shape index (κ3) is 2.78. The van der Waals surface area contributed by atoms with Gasteiger partial charge in [0.25, 0.3) is 0 Å². The summed E-state index contributed by atoms with van der Waals surface area (Å²) in [5.41, 5.74) is 2.59. The maximum atomic E-state index is 13.9. The lowest BCUT2D eigenvalue weighted by molar-refractivity contribution is 0.322. The molecule has 1 aromatic heterocycles. The van der Waals surface area contributed by atoms with Crippen LogP contribution in [0.5, 0.6) is 5.75 Å². The minimum Gasteiger partial charge on any atom is -0.491 e. The number of pyridine rings is 1. The van der Waals surface area contributed by atoms with Crippen molar-refractivity contribution in [2.45, 2.75) is 27.2 Å². The van der Waals surface area contributed by atoms with Crippen LogP contribution < -0.4 is 10.1 Å². The standard InChI is InChI=1S/C15H19FN2O/c1-4-10-7-13(17-5-2)11-8-15(19-6-3)12(16)9-14(11)18-10/h7-9H,4-6H2,1-3H3,(H,17,18). The number of halogens is 1. The Hall–Kier alpha value is -1.84. The van der Waals surface area contributed by atoms with Gasteiger partial charge < -0.3 is 10.1 Å². The van der Waals surface area contributed by atoms with E-state index in [9.17, 15) is 4.39 Å². The molecule has 0 amide bonds. The topological polar surface area (TPSA) is 34.2 Å². The number of nitrogens with one attached hydrogen (secondary N) is 1. The van der Waals surface area contributed by atoms with Crippen molar-refractivity contribution in [1.82, 2.24) is 4.98 Å². The highest BCUT2D eigenvalue weighted by molar-refractivity contribution is 5.92. The Morgan fingerprint density at radius 3 is 2.63 bits per heavy atom. The zero-order valence-electron chi connectivity index (χ0n) is 11.6. The molecule has 0 saturated carbocycles. The zero-order valence-corrected chi connectivity index (χ0v) is 11.6. The number of benzene rings is 1. The van der Waals surface area contributed by atoms with Crippen molar-refractivity contribution in [2.75, 3.05) is 18.5 Å². The van der Waals surface area contributed by atoms with Crippen LogP contribution in [0.1, 0.15) is 26.5 Å². The van der Waals surface area contributed by atoms with Gasteiger partial charge in [-0.2, -0.15) is 0 Å². The van der Waals surface area contributed by atoms with E-state index in [1.807, 2.05) is 26.8 Å². The van der Waals surface area contributed by atoms with Gasteiger partial charge in [-0.05, 0) is 32.4 Å². The SMILES string of the molecule is CCNc1cc(CC)nc2cc(F)c(OCC)cc12. The summed E-state index contributed by atoms with van der Waals surface area (Å²) in [5, 5.41) is 4.19. The summed E-state index contributed by atoms with van der Waals surface area (Å²) in [4.78, 5) is 4.46. The number of fused-ring (bicyclic) bond motifs is 1. The van der Waals surface area contributed by atoms with Crippen molar-refractivity contribution < 1.29 is 9.13 Å². The molecule has 0 spiro atoms. The Morgan fingerprint density at radius 1 is 1.21 bits per heavy atom. The predicted octanol–water partition coefficient (Wildman–Crippen LogP) is 3.77. The Bertz CT molecular complexity index is 584. The molecular weight excluding hydrogens is 243 g/mol. The van der Waals surface area contributed by atoms with Gasteiger partial charge >= 0.3 is 0 Å². The largest absolute Gasteiger partial charge is 0.491 e. The highest BCUT2D eigenvalue weighted by Crippen LogP contribution is 2.30. The molecule has 1 N–H and O–H groups in total. The maximum Gasteiger partial charge on any atom is 0.167 e. The van der Waals surface area contributed by atoms with Crippen molar-refractivity contribution in [2.24, 2.45) is 0 Å². The van der Waals surface area contributed by atoms with E-state index < -0.39 is 0 Å². The molecule has 0 aliphatic carbocycles. The maximum absolute atomic E-state index is 13.9. The first kappa shape index (κ1) is 13.6. The summed E-state index contributed by atoms with van der Waals surface area (Å²) in [6.07, 6.45) is 0.823. The number of aryl methyl sites for hydroxylation is 1. The fourth-order valence-electron chi connectivity index (χ4n) is 2.07. The Labute approximate surface area is 112 Å². The first-order valence-corrected chi connectivity index (χ1v) is 6.69. The summed E-state index contributed by atoms with van der Waals surface area (Å²) in [6.45, 7) is 7.16. The van der Waals surface area contributed by atoms with Crippen LogP contribution in [0.25, 0.3) is 10.9 Å². The van der Waals surface area contributed by atoms with Crippen molar-refractivity contribution in [3.8, 4) is 5.75 Å². The van der Waals surface area contributed by atoms with Gasteiger partial charge in [-0.3, -0.25) is 4.98 Å². The van der Waals surface area contributed by atoms with Gasteiger partial charge in [0.05, 0.1) is 12.1 Å². The average Bonchev–Trinajstić information content (AvgIpc) is 2.40. The molecule has 2 aromatic rings. The molecule has 0 atom stereocenters. The molecule has 0 aliphatic rings. The molecule has 4 heteroatoms. The number of aromatic nitrogens is 1. The number of hydrogen-bond donors (Lipinski definition) is 1. The average molecular weight is 262 g/mol. The lowest BCUT2D eigenvalue weighted by Crippen LogP contribution is -2.02. The van der Waals surface area contributed by atoms with Crippen LogP contribution in [-0.4, -0.2) is 18.1 Å². The summed E-state index contributed by atoms with van der Waals surface area (Å²) >= 11 is 0. The lowest BCUT2D eigenvalue weighted by atomic mass is 10.1. The van der Waals surface area contributed by atoms with Crippen molar-refractivity contribution >= 4 is 16.6 Å². The zero-order chi connectivity index (χ0) is 13.8. The quantitative estimate of drug-likeness (QED) is 0.890. The molecular formula is C15H19FN2O. The highest BCUT2D eigenvalue weighted by atomic mass is 19.1. The third-order valence-corrected chi connectivity index (χ3v) is 2.94. The van der Waals surface area contributed by atoms with Gasteiger partial charge in [0.2, 0.25) is 0 Å². The fourth-order valence-corrected chi connectivity index (χ4v) is 2.07. The minimum absolute atomic E-state index is 0.278. The molecule has 3 nitrogen and oxygen atoms in total. The van der Waals surface area contributed by atoms with E-state index in [1.54, 1.807) is 6.07 Å². The molecule has 1 aromatic carbocycles. The van der Waals surface area contributed by atoms with Crippen molar-refractivity contribution in [3.05, 3.63) is 29.7 Å². The smallest absolute Gasteiger partial charge is 0.167 e. The van der Waals surface area contributed by atoms with E-state index in [1.165, 1.54) is 6.07 Å². The van der Waals surface area contributed by atoms with E-state index in [0.717, 1.165) is 29.7 Å². The highest BCUT2D eigenvalue weighted by Gasteiger charge is 2.11. The van der Waals surface area contributed by atoms with Gasteiger partial charge in [0.1, 0.15) is 0 Å². The first-order valence-electron chi connectivity index (χ1n) is 6.69. The molecule has 1 heterocycles. The molecule has 0 fully saturated rings. The Morgan fingerprint density at radius 2 is 2.00 bits per heavy atom. The van der Waals surface area contributed by atoms with Gasteiger partial charge in [0.15, 0.2) is 11.6 Å². The van der Waals surface area contributed by atoms with Crippen LogP contribution in [0.3, 0.4) is 0 Å². The summed E-state index contributed by atoms with van der Waals surface area (Å²) in [6, 6.07) is 5.18. The van der Waals surface area contributed by atoms with E-state index >= 15 is 0 Å². The summed E-state index contributed by atoms with van der Waals surface area (Å²) in [5.74, 6) is -0.0854. The van der Waals surface area contributed by atoms with Crippen LogP contribution in [0.4, 0.5) is 10.1 Å². The Kier molecular flexibility index (Phi) is 4.20. The summed E-state index contributed by atoms with van der Waals surface area (Å²) < 4.78 is 19.2. The van der Waals surface area contributed by atoms with E-state index in [0.29, 0.717) is 12.1 Å². The monoisotopic (exact) mass is 262 g/mol. The van der Waals surface area contributed by atoms with Crippen LogP contribution >= 0.6 is 0 Å². The molecule has 0 bridgehead atoms. The van der Waals surface area contributed by atoms with E-state index in [-0.39, 0.29) is 11.6 Å². The number of rotatable bonds is 5. The number of nitrogens with zero attached hydrogens (tertiary/aromatic N) is 1. The minimum atomic E-state index is -0.363. The molecule has 0 unspecified atom stereocenters. The van der Waals surface area contributed by atoms with Gasteiger partial charge in [0, 0.05) is 29.4 Å².